The fourth-order valence-corrected chi connectivity index (χ4v) is 2.12. The summed E-state index contributed by atoms with van der Waals surface area (Å²) in [7, 11) is 0. The van der Waals surface area contributed by atoms with E-state index in [2.05, 4.69) is 25.1 Å². The van der Waals surface area contributed by atoms with Crippen LogP contribution in [0, 0.1) is 6.92 Å². The molecule has 24 heavy (non-hydrogen) atoms. The topological polar surface area (TPSA) is 64.3 Å². The van der Waals surface area contributed by atoms with Crippen LogP contribution in [-0.2, 0) is 6.54 Å². The van der Waals surface area contributed by atoms with Crippen molar-refractivity contribution in [3.63, 3.8) is 0 Å². The van der Waals surface area contributed by atoms with Crippen LogP contribution in [0.3, 0.4) is 0 Å². The second-order valence-electron chi connectivity index (χ2n) is 5.16. The molecular weight excluding hydrogens is 323 g/mol. The molecule has 0 saturated heterocycles. The van der Waals surface area contributed by atoms with Gasteiger partial charge in [-0.3, -0.25) is 0 Å². The molecule has 0 aliphatic carbocycles. The number of aryl methyl sites for hydroxylation is 1. The van der Waals surface area contributed by atoms with E-state index in [1.165, 1.54) is 18.5 Å². The van der Waals surface area contributed by atoms with Crippen LogP contribution in [0.1, 0.15) is 11.3 Å². The zero-order valence-corrected chi connectivity index (χ0v) is 12.7. The molecule has 2 heterocycles. The van der Waals surface area contributed by atoms with Gasteiger partial charge in [0.15, 0.2) is 6.61 Å². The van der Waals surface area contributed by atoms with Crippen LogP contribution < -0.4 is 10.1 Å². The quantitative estimate of drug-likeness (QED) is 0.775. The number of hydrogen-bond acceptors (Lipinski definition) is 5. The van der Waals surface area contributed by atoms with Crippen molar-refractivity contribution < 1.29 is 17.9 Å². The Morgan fingerprint density at radius 1 is 1.21 bits per heavy atom. The normalized spacial score (nSPS) is 11.7. The number of alkyl halides is 3. The molecule has 9 heteroatoms. The lowest BCUT2D eigenvalue weighted by atomic mass is 10.2. The van der Waals surface area contributed by atoms with Crippen molar-refractivity contribution in [1.29, 1.82) is 0 Å². The van der Waals surface area contributed by atoms with Crippen LogP contribution in [0.15, 0.2) is 36.7 Å². The largest absolute Gasteiger partial charge is 0.484 e. The molecule has 0 radical (unpaired) electrons. The third kappa shape index (κ3) is 3.92. The Balaban J connectivity index is 1.65. The van der Waals surface area contributed by atoms with E-state index in [1.807, 2.05) is 13.0 Å². The highest BCUT2D eigenvalue weighted by Gasteiger charge is 2.28. The molecule has 1 N–H and O–H groups in total. The summed E-state index contributed by atoms with van der Waals surface area (Å²) in [5, 5.41) is 7.29. The molecule has 2 aromatic heterocycles. The average molecular weight is 337 g/mol. The van der Waals surface area contributed by atoms with Gasteiger partial charge in [-0.05, 0) is 24.6 Å². The second-order valence-corrected chi connectivity index (χ2v) is 5.16. The van der Waals surface area contributed by atoms with Crippen molar-refractivity contribution >= 4 is 11.6 Å². The molecule has 0 aliphatic rings. The van der Waals surface area contributed by atoms with Gasteiger partial charge in [0.05, 0.1) is 0 Å². The minimum atomic E-state index is -4.34. The van der Waals surface area contributed by atoms with E-state index >= 15 is 0 Å². The Labute approximate surface area is 135 Å². The van der Waals surface area contributed by atoms with Crippen molar-refractivity contribution in [2.75, 3.05) is 11.9 Å². The number of benzene rings is 1. The summed E-state index contributed by atoms with van der Waals surface area (Å²) in [6, 6.07) is 8.25. The number of aromatic nitrogens is 4. The fraction of sp³-hybridized carbons (Fsp3) is 0.267. The van der Waals surface area contributed by atoms with E-state index in [9.17, 15) is 13.2 Å². The summed E-state index contributed by atoms with van der Waals surface area (Å²) in [6.45, 7) is 1.02. The fourth-order valence-electron chi connectivity index (χ4n) is 2.12. The van der Waals surface area contributed by atoms with E-state index in [0.29, 0.717) is 12.3 Å². The monoisotopic (exact) mass is 337 g/mol. The summed E-state index contributed by atoms with van der Waals surface area (Å²) in [4.78, 5) is 8.28. The number of fused-ring (bicyclic) bond motifs is 1. The lowest BCUT2D eigenvalue weighted by Gasteiger charge is -2.11. The highest BCUT2D eigenvalue weighted by atomic mass is 19.4. The maximum Gasteiger partial charge on any atom is 0.422 e. The standard InChI is InChI=1S/C15H14F3N5O/c1-10-6-13(23-14(22-10)20-9-21-23)19-7-11-2-4-12(5-3-11)24-8-15(16,17)18/h2-6,9,19H,7-8H2,1H3. The van der Waals surface area contributed by atoms with Crippen LogP contribution in [0.5, 0.6) is 5.75 Å². The molecule has 0 bridgehead atoms. The zero-order chi connectivity index (χ0) is 17.2. The first-order valence-corrected chi connectivity index (χ1v) is 7.10. The van der Waals surface area contributed by atoms with Gasteiger partial charge in [0, 0.05) is 18.3 Å². The van der Waals surface area contributed by atoms with Crippen LogP contribution in [0.4, 0.5) is 19.0 Å². The number of anilines is 1. The lowest BCUT2D eigenvalue weighted by Crippen LogP contribution is -2.19. The maximum atomic E-state index is 12.1. The molecule has 3 aromatic rings. The molecule has 6 nitrogen and oxygen atoms in total. The predicted molar refractivity (Wildman–Crippen MR) is 80.8 cm³/mol. The first kappa shape index (κ1) is 16.0. The number of rotatable bonds is 5. The third-order valence-corrected chi connectivity index (χ3v) is 3.18. The van der Waals surface area contributed by atoms with Crippen LogP contribution in [0.2, 0.25) is 0 Å². The van der Waals surface area contributed by atoms with Crippen LogP contribution >= 0.6 is 0 Å². The second kappa shape index (κ2) is 6.34. The van der Waals surface area contributed by atoms with Crippen molar-refractivity contribution in [2.45, 2.75) is 19.6 Å². The Morgan fingerprint density at radius 2 is 1.96 bits per heavy atom. The van der Waals surface area contributed by atoms with E-state index in [0.717, 1.165) is 17.1 Å². The van der Waals surface area contributed by atoms with E-state index in [1.54, 1.807) is 16.6 Å². The van der Waals surface area contributed by atoms with Crippen LogP contribution in [-0.4, -0.2) is 32.4 Å². The van der Waals surface area contributed by atoms with Gasteiger partial charge in [0.1, 0.15) is 17.9 Å². The molecule has 0 atom stereocenters. The van der Waals surface area contributed by atoms with E-state index in [-0.39, 0.29) is 5.75 Å². The molecule has 0 spiro atoms. The molecule has 0 amide bonds. The Morgan fingerprint density at radius 3 is 2.67 bits per heavy atom. The molecule has 0 unspecified atom stereocenters. The Bertz CT molecular complexity index is 829. The molecule has 0 saturated carbocycles. The summed E-state index contributed by atoms with van der Waals surface area (Å²) in [6.07, 6.45) is -2.93. The molecule has 0 fully saturated rings. The maximum absolute atomic E-state index is 12.1. The van der Waals surface area contributed by atoms with Gasteiger partial charge in [0.2, 0.25) is 0 Å². The number of hydrogen-bond donors (Lipinski definition) is 1. The Hall–Kier alpha value is -2.84. The SMILES string of the molecule is Cc1cc(NCc2ccc(OCC(F)(F)F)cc2)n2ncnc2n1. The van der Waals surface area contributed by atoms with Crippen molar-refractivity contribution in [1.82, 2.24) is 19.6 Å². The Kier molecular flexibility index (Phi) is 4.24. The summed E-state index contributed by atoms with van der Waals surface area (Å²) >= 11 is 0. The summed E-state index contributed by atoms with van der Waals surface area (Å²) in [5.41, 5.74) is 1.69. The first-order chi connectivity index (χ1) is 11.4. The molecule has 0 aliphatic heterocycles. The van der Waals surface area contributed by atoms with Gasteiger partial charge < -0.3 is 10.1 Å². The van der Waals surface area contributed by atoms with Crippen molar-refractivity contribution in [3.8, 4) is 5.75 Å². The van der Waals surface area contributed by atoms with Gasteiger partial charge in [-0.15, -0.1) is 0 Å². The molecule has 3 rings (SSSR count). The molecule has 126 valence electrons. The third-order valence-electron chi connectivity index (χ3n) is 3.18. The number of halogens is 3. The lowest BCUT2D eigenvalue weighted by molar-refractivity contribution is -0.153. The minimum Gasteiger partial charge on any atom is -0.484 e. The highest BCUT2D eigenvalue weighted by molar-refractivity contribution is 5.45. The van der Waals surface area contributed by atoms with Crippen molar-refractivity contribution in [3.05, 3.63) is 47.9 Å². The minimum absolute atomic E-state index is 0.175. The predicted octanol–water partition coefficient (Wildman–Crippen LogP) is 2.99. The first-order valence-electron chi connectivity index (χ1n) is 7.10. The van der Waals surface area contributed by atoms with E-state index < -0.39 is 12.8 Å². The highest BCUT2D eigenvalue weighted by Crippen LogP contribution is 2.19. The van der Waals surface area contributed by atoms with Gasteiger partial charge >= 0.3 is 6.18 Å². The molecule has 1 aromatic carbocycles. The summed E-state index contributed by atoms with van der Waals surface area (Å²) < 4.78 is 42.6. The van der Waals surface area contributed by atoms with Crippen molar-refractivity contribution in [2.24, 2.45) is 0 Å². The van der Waals surface area contributed by atoms with E-state index in [4.69, 9.17) is 0 Å². The average Bonchev–Trinajstić information content (AvgIpc) is 2.99. The summed E-state index contributed by atoms with van der Waals surface area (Å²) in [5.74, 6) is 1.40. The van der Waals surface area contributed by atoms with Crippen LogP contribution in [0.25, 0.3) is 5.78 Å². The number of nitrogens with one attached hydrogen (secondary N) is 1. The van der Waals surface area contributed by atoms with Gasteiger partial charge in [0.25, 0.3) is 5.78 Å². The number of ether oxygens (including phenoxy) is 1. The molecular formula is C15H14F3N5O. The number of nitrogens with zero attached hydrogens (tertiary/aromatic N) is 4. The van der Waals surface area contributed by atoms with Gasteiger partial charge in [-0.25, -0.2) is 4.98 Å². The van der Waals surface area contributed by atoms with Gasteiger partial charge in [-0.1, -0.05) is 12.1 Å². The van der Waals surface area contributed by atoms with Gasteiger partial charge in [-0.2, -0.15) is 27.8 Å². The smallest absolute Gasteiger partial charge is 0.422 e. The zero-order valence-electron chi connectivity index (χ0n) is 12.7.